The number of furan rings is 1. The van der Waals surface area contributed by atoms with Gasteiger partial charge in [-0.05, 0) is 48.4 Å². The summed E-state index contributed by atoms with van der Waals surface area (Å²) in [7, 11) is 0. The van der Waals surface area contributed by atoms with Crippen molar-refractivity contribution in [2.45, 2.75) is 25.9 Å². The van der Waals surface area contributed by atoms with Crippen LogP contribution in [0.15, 0.2) is 51.6 Å². The van der Waals surface area contributed by atoms with Crippen LogP contribution in [-0.2, 0) is 0 Å². The first kappa shape index (κ1) is 12.5. The van der Waals surface area contributed by atoms with Crippen molar-refractivity contribution >= 4 is 22.3 Å². The predicted octanol–water partition coefficient (Wildman–Crippen LogP) is 4.91. The van der Waals surface area contributed by atoms with Crippen molar-refractivity contribution in [3.8, 4) is 0 Å². The van der Waals surface area contributed by atoms with Gasteiger partial charge < -0.3 is 9.73 Å². The van der Waals surface area contributed by atoms with E-state index in [9.17, 15) is 0 Å². The summed E-state index contributed by atoms with van der Waals surface area (Å²) in [5.74, 6) is 0.989. The lowest BCUT2D eigenvalue weighted by Gasteiger charge is -2.17. The summed E-state index contributed by atoms with van der Waals surface area (Å²) in [6.45, 7) is 4.32. The molecule has 0 fully saturated rings. The Morgan fingerprint density at radius 2 is 1.95 bits per heavy atom. The van der Waals surface area contributed by atoms with Crippen LogP contribution in [0.2, 0.25) is 0 Å². The average Bonchev–Trinajstić information content (AvgIpc) is 3.07. The van der Waals surface area contributed by atoms with Crippen LogP contribution in [0.4, 0.5) is 0 Å². The quantitative estimate of drug-likeness (QED) is 0.729. The number of fused-ring (bicyclic) bond motifs is 1. The molecule has 0 amide bonds. The Morgan fingerprint density at radius 1 is 1.11 bits per heavy atom. The minimum atomic E-state index is 0.197. The summed E-state index contributed by atoms with van der Waals surface area (Å²) in [5, 5.41) is 9.03. The van der Waals surface area contributed by atoms with Crippen molar-refractivity contribution in [1.29, 1.82) is 0 Å². The molecule has 1 aromatic carbocycles. The Hall–Kier alpha value is -1.58. The van der Waals surface area contributed by atoms with E-state index in [1.807, 2.05) is 18.2 Å². The highest BCUT2D eigenvalue weighted by Crippen LogP contribution is 2.26. The zero-order chi connectivity index (χ0) is 13.2. The number of thiophene rings is 1. The monoisotopic (exact) mass is 271 g/mol. The van der Waals surface area contributed by atoms with Gasteiger partial charge in [0.15, 0.2) is 0 Å². The molecule has 2 atom stereocenters. The smallest absolute Gasteiger partial charge is 0.134 e. The summed E-state index contributed by atoms with van der Waals surface area (Å²) in [4.78, 5) is 0. The maximum absolute atomic E-state index is 5.89. The van der Waals surface area contributed by atoms with Crippen molar-refractivity contribution in [3.05, 3.63) is 58.5 Å². The Bertz CT molecular complexity index is 623. The summed E-state index contributed by atoms with van der Waals surface area (Å²) >= 11 is 1.73. The zero-order valence-electron chi connectivity index (χ0n) is 11.1. The second-order valence-corrected chi connectivity index (χ2v) is 5.63. The molecule has 1 N–H and O–H groups in total. The summed E-state index contributed by atoms with van der Waals surface area (Å²) in [6, 6.07) is 12.9. The van der Waals surface area contributed by atoms with Crippen molar-refractivity contribution in [3.63, 3.8) is 0 Å². The molecule has 2 aromatic heterocycles. The first-order valence-corrected chi connectivity index (χ1v) is 7.45. The Labute approximate surface area is 117 Å². The van der Waals surface area contributed by atoms with E-state index in [2.05, 4.69) is 48.1 Å². The second kappa shape index (κ2) is 5.19. The van der Waals surface area contributed by atoms with Gasteiger partial charge in [-0.25, -0.2) is 0 Å². The molecule has 0 radical (unpaired) electrons. The molecule has 3 heteroatoms. The van der Waals surface area contributed by atoms with Crippen LogP contribution in [0.1, 0.15) is 37.3 Å². The molecule has 0 aliphatic carbocycles. The number of benzene rings is 1. The second-order valence-electron chi connectivity index (χ2n) is 4.85. The lowest BCUT2D eigenvalue weighted by atomic mass is 10.1. The van der Waals surface area contributed by atoms with Crippen LogP contribution in [0.3, 0.4) is 0 Å². The summed E-state index contributed by atoms with van der Waals surface area (Å²) < 4.78 is 5.89. The summed E-state index contributed by atoms with van der Waals surface area (Å²) in [6.07, 6.45) is 0. The topological polar surface area (TPSA) is 25.2 Å². The van der Waals surface area contributed by atoms with E-state index in [-0.39, 0.29) is 6.04 Å². The van der Waals surface area contributed by atoms with Crippen LogP contribution in [0.25, 0.3) is 11.0 Å². The highest BCUT2D eigenvalue weighted by Gasteiger charge is 2.15. The molecule has 3 aromatic rings. The maximum atomic E-state index is 5.89. The molecular weight excluding hydrogens is 254 g/mol. The molecule has 0 spiro atoms. The van der Waals surface area contributed by atoms with Gasteiger partial charge in [0, 0.05) is 11.4 Å². The minimum absolute atomic E-state index is 0.197. The van der Waals surface area contributed by atoms with E-state index >= 15 is 0 Å². The number of rotatable bonds is 4. The molecule has 19 heavy (non-hydrogen) atoms. The van der Waals surface area contributed by atoms with Crippen LogP contribution >= 0.6 is 11.3 Å². The highest BCUT2D eigenvalue weighted by atomic mass is 32.1. The molecule has 2 nitrogen and oxygen atoms in total. The van der Waals surface area contributed by atoms with Gasteiger partial charge in [-0.2, -0.15) is 11.3 Å². The van der Waals surface area contributed by atoms with E-state index in [0.717, 1.165) is 16.7 Å². The van der Waals surface area contributed by atoms with Crippen molar-refractivity contribution in [1.82, 2.24) is 5.32 Å². The Balaban J connectivity index is 1.78. The normalized spacial score (nSPS) is 14.6. The molecule has 0 saturated heterocycles. The van der Waals surface area contributed by atoms with Gasteiger partial charge in [-0.3, -0.25) is 0 Å². The Morgan fingerprint density at radius 3 is 2.68 bits per heavy atom. The third kappa shape index (κ3) is 2.57. The predicted molar refractivity (Wildman–Crippen MR) is 80.5 cm³/mol. The third-order valence-corrected chi connectivity index (χ3v) is 4.12. The third-order valence-electron chi connectivity index (χ3n) is 3.41. The van der Waals surface area contributed by atoms with Crippen molar-refractivity contribution in [2.24, 2.45) is 0 Å². The molecular formula is C16H17NOS. The summed E-state index contributed by atoms with van der Waals surface area (Å²) in [5.41, 5.74) is 2.28. The maximum Gasteiger partial charge on any atom is 0.134 e. The van der Waals surface area contributed by atoms with Crippen LogP contribution in [-0.4, -0.2) is 0 Å². The lowest BCUT2D eigenvalue weighted by molar-refractivity contribution is 0.418. The Kier molecular flexibility index (Phi) is 3.40. The number of para-hydroxylation sites is 1. The number of hydrogen-bond acceptors (Lipinski definition) is 3. The molecule has 2 unspecified atom stereocenters. The standard InChI is InChI=1S/C16H17NOS/c1-11(14-7-8-19-10-14)17-12(2)16-9-13-5-3-4-6-15(13)18-16/h3-12,17H,1-2H3. The first-order chi connectivity index (χ1) is 9.24. The highest BCUT2D eigenvalue weighted by molar-refractivity contribution is 7.07. The van der Waals surface area contributed by atoms with Gasteiger partial charge in [0.05, 0.1) is 6.04 Å². The van der Waals surface area contributed by atoms with E-state index in [1.54, 1.807) is 11.3 Å². The molecule has 98 valence electrons. The molecule has 0 saturated carbocycles. The van der Waals surface area contributed by atoms with Crippen molar-refractivity contribution < 1.29 is 4.42 Å². The first-order valence-electron chi connectivity index (χ1n) is 6.50. The molecule has 0 bridgehead atoms. The van der Waals surface area contributed by atoms with E-state index in [4.69, 9.17) is 4.42 Å². The van der Waals surface area contributed by atoms with E-state index in [0.29, 0.717) is 6.04 Å². The number of nitrogens with one attached hydrogen (secondary N) is 1. The van der Waals surface area contributed by atoms with Crippen molar-refractivity contribution in [2.75, 3.05) is 0 Å². The van der Waals surface area contributed by atoms with Crippen LogP contribution in [0, 0.1) is 0 Å². The molecule has 0 aliphatic rings. The van der Waals surface area contributed by atoms with Gasteiger partial charge >= 0.3 is 0 Å². The fraction of sp³-hybridized carbons (Fsp3) is 0.250. The fourth-order valence-electron chi connectivity index (χ4n) is 2.29. The average molecular weight is 271 g/mol. The number of hydrogen-bond donors (Lipinski definition) is 1. The van der Waals surface area contributed by atoms with Gasteiger partial charge in [0.1, 0.15) is 11.3 Å². The van der Waals surface area contributed by atoms with Gasteiger partial charge in [0.2, 0.25) is 0 Å². The molecule has 2 heterocycles. The van der Waals surface area contributed by atoms with Gasteiger partial charge in [0.25, 0.3) is 0 Å². The van der Waals surface area contributed by atoms with Crippen LogP contribution in [0.5, 0.6) is 0 Å². The van der Waals surface area contributed by atoms with E-state index < -0.39 is 0 Å². The molecule has 3 rings (SSSR count). The van der Waals surface area contributed by atoms with Gasteiger partial charge in [-0.15, -0.1) is 0 Å². The zero-order valence-corrected chi connectivity index (χ0v) is 11.9. The SMILES string of the molecule is CC(NC(C)c1cc2ccccc2o1)c1ccsc1. The lowest BCUT2D eigenvalue weighted by Crippen LogP contribution is -2.21. The minimum Gasteiger partial charge on any atom is -0.459 e. The van der Waals surface area contributed by atoms with Gasteiger partial charge in [-0.1, -0.05) is 18.2 Å². The van der Waals surface area contributed by atoms with Crippen LogP contribution < -0.4 is 5.32 Å². The van der Waals surface area contributed by atoms with E-state index in [1.165, 1.54) is 5.56 Å². The largest absolute Gasteiger partial charge is 0.459 e. The molecule has 0 aliphatic heterocycles. The fourth-order valence-corrected chi connectivity index (χ4v) is 3.04.